The Bertz CT molecular complexity index is 106. The Morgan fingerprint density at radius 2 is 1.89 bits per heavy atom. The van der Waals surface area contributed by atoms with Gasteiger partial charge in [-0.15, -0.1) is 11.6 Å². The van der Waals surface area contributed by atoms with Gasteiger partial charge in [-0.3, -0.25) is 0 Å². The van der Waals surface area contributed by atoms with Crippen LogP contribution < -0.4 is 0 Å². The SMILES string of the molecule is CC(C)(Cl)CC=C(Cl)Cl. The van der Waals surface area contributed by atoms with E-state index in [1.807, 2.05) is 13.8 Å². The summed E-state index contributed by atoms with van der Waals surface area (Å²) >= 11 is 16.5. The zero-order valence-corrected chi connectivity index (χ0v) is 7.69. The molecule has 0 bridgehead atoms. The van der Waals surface area contributed by atoms with Crippen molar-refractivity contribution in [1.82, 2.24) is 0 Å². The number of halogens is 3. The maximum Gasteiger partial charge on any atom is 0.102 e. The Morgan fingerprint density at radius 3 is 2.00 bits per heavy atom. The Balaban J connectivity index is 3.64. The van der Waals surface area contributed by atoms with Gasteiger partial charge in [0.25, 0.3) is 0 Å². The van der Waals surface area contributed by atoms with Crippen molar-refractivity contribution in [2.75, 3.05) is 0 Å². The van der Waals surface area contributed by atoms with E-state index < -0.39 is 0 Å². The van der Waals surface area contributed by atoms with Crippen molar-refractivity contribution >= 4 is 34.8 Å². The monoisotopic (exact) mass is 186 g/mol. The van der Waals surface area contributed by atoms with Gasteiger partial charge in [0.05, 0.1) is 0 Å². The molecule has 0 radical (unpaired) electrons. The third-order valence-corrected chi connectivity index (χ3v) is 1.20. The van der Waals surface area contributed by atoms with E-state index in [2.05, 4.69) is 0 Å². The second-order valence-corrected chi connectivity index (χ2v) is 4.45. The summed E-state index contributed by atoms with van der Waals surface area (Å²) in [6.45, 7) is 3.81. The van der Waals surface area contributed by atoms with Crippen LogP contribution >= 0.6 is 34.8 Å². The molecule has 0 nitrogen and oxygen atoms in total. The Kier molecular flexibility index (Phi) is 3.95. The smallest absolute Gasteiger partial charge is 0.102 e. The van der Waals surface area contributed by atoms with Crippen LogP contribution in [0.15, 0.2) is 10.6 Å². The lowest BCUT2D eigenvalue weighted by atomic mass is 10.1. The van der Waals surface area contributed by atoms with Crippen LogP contribution in [0.4, 0.5) is 0 Å². The minimum absolute atomic E-state index is 0.241. The maximum atomic E-state index is 5.82. The summed E-state index contributed by atoms with van der Waals surface area (Å²) in [4.78, 5) is -0.241. The van der Waals surface area contributed by atoms with Crippen molar-refractivity contribution in [1.29, 1.82) is 0 Å². The predicted octanol–water partition coefficient (Wildman–Crippen LogP) is 3.71. The van der Waals surface area contributed by atoms with Crippen molar-refractivity contribution in [3.8, 4) is 0 Å². The normalized spacial score (nSPS) is 11.2. The third-order valence-electron chi connectivity index (χ3n) is 0.742. The molecule has 3 heteroatoms. The van der Waals surface area contributed by atoms with E-state index in [-0.39, 0.29) is 9.37 Å². The average Bonchev–Trinajstić information content (AvgIpc) is 1.59. The van der Waals surface area contributed by atoms with Gasteiger partial charge in [0.2, 0.25) is 0 Å². The molecule has 0 N–H and O–H groups in total. The lowest BCUT2D eigenvalue weighted by Crippen LogP contribution is -2.07. The summed E-state index contributed by atoms with van der Waals surface area (Å²) in [7, 11) is 0. The molecule has 0 heterocycles. The summed E-state index contributed by atoms with van der Waals surface area (Å²) in [6.07, 6.45) is 2.38. The third kappa shape index (κ3) is 8.61. The van der Waals surface area contributed by atoms with E-state index in [1.165, 1.54) is 0 Å². The highest BCUT2D eigenvalue weighted by molar-refractivity contribution is 6.55. The lowest BCUT2D eigenvalue weighted by Gasteiger charge is -2.10. The van der Waals surface area contributed by atoms with Crippen LogP contribution in [-0.4, -0.2) is 4.87 Å². The van der Waals surface area contributed by atoms with Crippen molar-refractivity contribution in [3.63, 3.8) is 0 Å². The fourth-order valence-corrected chi connectivity index (χ4v) is 0.551. The zero-order valence-electron chi connectivity index (χ0n) is 5.42. The molecule has 0 aromatic heterocycles. The predicted molar refractivity (Wildman–Crippen MR) is 44.3 cm³/mol. The van der Waals surface area contributed by atoms with Crippen molar-refractivity contribution in [2.24, 2.45) is 0 Å². The molecule has 54 valence electrons. The van der Waals surface area contributed by atoms with Gasteiger partial charge in [0, 0.05) is 4.87 Å². The molecule has 0 aliphatic carbocycles. The first-order valence-corrected chi connectivity index (χ1v) is 3.75. The highest BCUT2D eigenvalue weighted by Crippen LogP contribution is 2.20. The highest BCUT2D eigenvalue weighted by atomic mass is 35.5. The quantitative estimate of drug-likeness (QED) is 0.578. The highest BCUT2D eigenvalue weighted by Gasteiger charge is 2.10. The maximum absolute atomic E-state index is 5.82. The van der Waals surface area contributed by atoms with Crippen molar-refractivity contribution < 1.29 is 0 Å². The average molecular weight is 187 g/mol. The summed E-state index contributed by atoms with van der Waals surface area (Å²) in [5.41, 5.74) is 0. The van der Waals surface area contributed by atoms with Gasteiger partial charge in [-0.1, -0.05) is 29.3 Å². The first-order chi connectivity index (χ1) is 3.92. The molecular weight excluding hydrogens is 178 g/mol. The molecule has 9 heavy (non-hydrogen) atoms. The molecule has 0 saturated heterocycles. The second-order valence-electron chi connectivity index (χ2n) is 2.42. The van der Waals surface area contributed by atoms with Gasteiger partial charge in [-0.25, -0.2) is 0 Å². The van der Waals surface area contributed by atoms with E-state index in [4.69, 9.17) is 34.8 Å². The van der Waals surface area contributed by atoms with Crippen LogP contribution in [0.25, 0.3) is 0 Å². The number of hydrogen-bond donors (Lipinski definition) is 0. The minimum Gasteiger partial charge on any atom is -0.120 e. The van der Waals surface area contributed by atoms with E-state index >= 15 is 0 Å². The summed E-state index contributed by atoms with van der Waals surface area (Å²) in [5, 5.41) is 0. The molecule has 0 aromatic rings. The fourth-order valence-electron chi connectivity index (χ4n) is 0.320. The van der Waals surface area contributed by atoms with E-state index in [9.17, 15) is 0 Å². The zero-order chi connectivity index (χ0) is 7.49. The first-order valence-electron chi connectivity index (χ1n) is 2.62. The number of rotatable bonds is 2. The van der Waals surface area contributed by atoms with Crippen molar-refractivity contribution in [2.45, 2.75) is 25.1 Å². The molecule has 0 unspecified atom stereocenters. The number of hydrogen-bond acceptors (Lipinski definition) is 0. The van der Waals surface area contributed by atoms with Crippen LogP contribution in [0.3, 0.4) is 0 Å². The van der Waals surface area contributed by atoms with Gasteiger partial charge in [0.1, 0.15) is 4.49 Å². The van der Waals surface area contributed by atoms with Crippen LogP contribution in [0.5, 0.6) is 0 Å². The Labute approximate surface area is 70.8 Å². The molecule has 0 aliphatic rings. The summed E-state index contributed by atoms with van der Waals surface area (Å²) in [5.74, 6) is 0. The van der Waals surface area contributed by atoms with Gasteiger partial charge in [-0.2, -0.15) is 0 Å². The molecule has 0 saturated carbocycles. The standard InChI is InChI=1S/C6H9Cl3/c1-6(2,9)4-3-5(7)8/h3H,4H2,1-2H3. The van der Waals surface area contributed by atoms with Crippen LogP contribution in [0.2, 0.25) is 0 Å². The first kappa shape index (κ1) is 9.61. The van der Waals surface area contributed by atoms with E-state index in [1.54, 1.807) is 6.08 Å². The summed E-state index contributed by atoms with van der Waals surface area (Å²) in [6, 6.07) is 0. The van der Waals surface area contributed by atoms with Crippen LogP contribution in [0.1, 0.15) is 20.3 Å². The molecule has 0 fully saturated rings. The van der Waals surface area contributed by atoms with Gasteiger partial charge >= 0.3 is 0 Å². The van der Waals surface area contributed by atoms with Crippen molar-refractivity contribution in [3.05, 3.63) is 10.6 Å². The fraction of sp³-hybridized carbons (Fsp3) is 0.667. The van der Waals surface area contributed by atoms with Crippen LogP contribution in [0, 0.1) is 0 Å². The van der Waals surface area contributed by atoms with Gasteiger partial charge in [0.15, 0.2) is 0 Å². The van der Waals surface area contributed by atoms with E-state index in [0.717, 1.165) is 0 Å². The molecular formula is C6H9Cl3. The topological polar surface area (TPSA) is 0 Å². The Morgan fingerprint density at radius 1 is 1.44 bits per heavy atom. The number of alkyl halides is 1. The van der Waals surface area contributed by atoms with Crippen LogP contribution in [-0.2, 0) is 0 Å². The lowest BCUT2D eigenvalue weighted by molar-refractivity contribution is 0.712. The molecule has 0 amide bonds. The van der Waals surface area contributed by atoms with Gasteiger partial charge < -0.3 is 0 Å². The second kappa shape index (κ2) is 3.70. The molecule has 0 aliphatic heterocycles. The largest absolute Gasteiger partial charge is 0.120 e. The summed E-state index contributed by atoms with van der Waals surface area (Å²) < 4.78 is 0.281. The van der Waals surface area contributed by atoms with Gasteiger partial charge in [-0.05, 0) is 20.3 Å². The minimum atomic E-state index is -0.241. The molecule has 0 aromatic carbocycles. The Hall–Kier alpha value is 0.610. The molecule has 0 rings (SSSR count). The van der Waals surface area contributed by atoms with E-state index in [0.29, 0.717) is 6.42 Å². The molecule has 0 atom stereocenters. The molecule has 0 spiro atoms. The number of allylic oxidation sites excluding steroid dienone is 1.